The molecule has 17 heavy (non-hydrogen) atoms. The molecule has 1 aliphatic heterocycles. The van der Waals surface area contributed by atoms with Crippen LogP contribution in [-0.4, -0.2) is 35.1 Å². The Balaban J connectivity index is 2.17. The van der Waals surface area contributed by atoms with E-state index >= 15 is 0 Å². The summed E-state index contributed by atoms with van der Waals surface area (Å²) >= 11 is 0. The van der Waals surface area contributed by atoms with Crippen LogP contribution >= 0.6 is 0 Å². The number of hydrogen-bond acceptors (Lipinski definition) is 3. The molecule has 1 atom stereocenters. The number of rotatable bonds is 1. The van der Waals surface area contributed by atoms with E-state index in [4.69, 9.17) is 4.74 Å². The summed E-state index contributed by atoms with van der Waals surface area (Å²) in [4.78, 5) is 10.2. The molecule has 0 saturated heterocycles. The van der Waals surface area contributed by atoms with Gasteiger partial charge in [-0.05, 0) is 32.0 Å². The Hall–Kier alpha value is -1.55. The second-order valence-corrected chi connectivity index (χ2v) is 4.82. The van der Waals surface area contributed by atoms with Gasteiger partial charge in [0.15, 0.2) is 0 Å². The zero-order valence-corrected chi connectivity index (χ0v) is 10.4. The maximum atomic E-state index is 5.24. The molecule has 3 rings (SSSR count). The highest BCUT2D eigenvalue weighted by molar-refractivity contribution is 5.82. The number of fused-ring (bicyclic) bond motifs is 3. The van der Waals surface area contributed by atoms with Crippen molar-refractivity contribution in [2.45, 2.75) is 25.9 Å². The Kier molecular flexibility index (Phi) is 2.33. The molecule has 0 bridgehead atoms. The van der Waals surface area contributed by atoms with E-state index in [1.165, 1.54) is 16.6 Å². The quantitative estimate of drug-likeness (QED) is 0.815. The summed E-state index contributed by atoms with van der Waals surface area (Å²) in [6, 6.07) is 2.66. The number of nitrogens with one attached hydrogen (secondary N) is 1. The van der Waals surface area contributed by atoms with Gasteiger partial charge in [0.2, 0.25) is 0 Å². The lowest BCUT2D eigenvalue weighted by molar-refractivity contribution is 0.229. The van der Waals surface area contributed by atoms with Crippen LogP contribution in [-0.2, 0) is 13.0 Å². The number of aromatic nitrogens is 2. The smallest absolute Gasteiger partial charge is 0.138 e. The van der Waals surface area contributed by atoms with Gasteiger partial charge in [-0.15, -0.1) is 0 Å². The van der Waals surface area contributed by atoms with Crippen molar-refractivity contribution in [3.63, 3.8) is 0 Å². The van der Waals surface area contributed by atoms with Gasteiger partial charge in [-0.3, -0.25) is 4.90 Å². The molecule has 4 nitrogen and oxygen atoms in total. The maximum Gasteiger partial charge on any atom is 0.138 e. The number of likely N-dealkylation sites (N-methyl/N-ethyl adjacent to an activating group) is 1. The largest absolute Gasteiger partial charge is 0.495 e. The fraction of sp³-hybridized carbons (Fsp3) is 0.462. The van der Waals surface area contributed by atoms with Crippen LogP contribution in [0.15, 0.2) is 12.3 Å². The standard InChI is InChI=1S/C13H17N3O/c1-8-4-10-11-5-9(17-3)6-14-13(11)15-12(10)7-16(8)2/h5-6,8H,4,7H2,1-3H3,(H,14,15)/t8-/m0/s1. The minimum atomic E-state index is 0.577. The predicted molar refractivity (Wildman–Crippen MR) is 67.3 cm³/mol. The fourth-order valence-corrected chi connectivity index (χ4v) is 2.49. The summed E-state index contributed by atoms with van der Waals surface area (Å²) in [6.45, 7) is 3.23. The van der Waals surface area contributed by atoms with Crippen LogP contribution in [0.1, 0.15) is 18.2 Å². The highest BCUT2D eigenvalue weighted by atomic mass is 16.5. The van der Waals surface area contributed by atoms with Crippen molar-refractivity contribution in [2.75, 3.05) is 14.2 Å². The number of pyridine rings is 1. The SMILES string of the molecule is COc1cnc2[nH]c3c(c2c1)C[C@H](C)N(C)C3. The molecule has 3 heterocycles. The van der Waals surface area contributed by atoms with Crippen molar-refractivity contribution in [1.29, 1.82) is 0 Å². The molecule has 4 heteroatoms. The van der Waals surface area contributed by atoms with Crippen molar-refractivity contribution in [3.05, 3.63) is 23.5 Å². The zero-order valence-electron chi connectivity index (χ0n) is 10.4. The second kappa shape index (κ2) is 3.74. The molecule has 0 amide bonds. The third kappa shape index (κ3) is 1.60. The van der Waals surface area contributed by atoms with Crippen LogP contribution < -0.4 is 4.74 Å². The van der Waals surface area contributed by atoms with Crippen LogP contribution in [0.5, 0.6) is 5.75 Å². The molecular weight excluding hydrogens is 214 g/mol. The summed E-state index contributed by atoms with van der Waals surface area (Å²) in [5, 5.41) is 1.21. The number of methoxy groups -OCH3 is 1. The third-order valence-electron chi connectivity index (χ3n) is 3.72. The van der Waals surface area contributed by atoms with Gasteiger partial charge in [0, 0.05) is 23.7 Å². The Morgan fingerprint density at radius 3 is 3.12 bits per heavy atom. The molecule has 0 spiro atoms. The molecule has 0 radical (unpaired) electrons. The Bertz CT molecular complexity index is 561. The van der Waals surface area contributed by atoms with E-state index in [1.54, 1.807) is 13.3 Å². The monoisotopic (exact) mass is 231 g/mol. The average Bonchev–Trinajstić information content (AvgIpc) is 2.67. The Morgan fingerprint density at radius 1 is 1.53 bits per heavy atom. The summed E-state index contributed by atoms with van der Waals surface area (Å²) in [7, 11) is 3.84. The van der Waals surface area contributed by atoms with Crippen LogP contribution in [0, 0.1) is 0 Å². The Morgan fingerprint density at radius 2 is 2.35 bits per heavy atom. The van der Waals surface area contributed by atoms with Gasteiger partial charge in [0.05, 0.1) is 13.3 Å². The molecule has 1 N–H and O–H groups in total. The Labute approximate surface area is 101 Å². The molecular formula is C13H17N3O. The second-order valence-electron chi connectivity index (χ2n) is 4.82. The van der Waals surface area contributed by atoms with Gasteiger partial charge in [0.1, 0.15) is 11.4 Å². The van der Waals surface area contributed by atoms with Crippen LogP contribution in [0.4, 0.5) is 0 Å². The van der Waals surface area contributed by atoms with Crippen LogP contribution in [0.2, 0.25) is 0 Å². The van der Waals surface area contributed by atoms with E-state index < -0.39 is 0 Å². The van der Waals surface area contributed by atoms with Gasteiger partial charge < -0.3 is 9.72 Å². The fourth-order valence-electron chi connectivity index (χ4n) is 2.49. The minimum Gasteiger partial charge on any atom is -0.495 e. The van der Waals surface area contributed by atoms with Gasteiger partial charge in [-0.2, -0.15) is 0 Å². The minimum absolute atomic E-state index is 0.577. The molecule has 2 aromatic rings. The number of hydrogen-bond donors (Lipinski definition) is 1. The molecule has 0 fully saturated rings. The molecule has 0 aliphatic carbocycles. The molecule has 90 valence electrons. The topological polar surface area (TPSA) is 41.1 Å². The van der Waals surface area contributed by atoms with E-state index in [0.29, 0.717) is 6.04 Å². The average molecular weight is 231 g/mol. The van der Waals surface area contributed by atoms with Crippen LogP contribution in [0.3, 0.4) is 0 Å². The van der Waals surface area contributed by atoms with E-state index in [0.717, 1.165) is 24.4 Å². The first kappa shape index (κ1) is 10.6. The van der Waals surface area contributed by atoms with Gasteiger partial charge in [-0.1, -0.05) is 0 Å². The van der Waals surface area contributed by atoms with Gasteiger partial charge in [-0.25, -0.2) is 4.98 Å². The van der Waals surface area contributed by atoms with E-state index in [2.05, 4.69) is 34.9 Å². The lowest BCUT2D eigenvalue weighted by atomic mass is 9.99. The number of ether oxygens (including phenoxy) is 1. The number of aromatic amines is 1. The van der Waals surface area contributed by atoms with Crippen molar-refractivity contribution in [2.24, 2.45) is 0 Å². The van der Waals surface area contributed by atoms with E-state index in [9.17, 15) is 0 Å². The van der Waals surface area contributed by atoms with Crippen molar-refractivity contribution in [1.82, 2.24) is 14.9 Å². The summed E-state index contributed by atoms with van der Waals surface area (Å²) < 4.78 is 5.24. The number of H-pyrrole nitrogens is 1. The molecule has 0 aromatic carbocycles. The zero-order chi connectivity index (χ0) is 12.0. The van der Waals surface area contributed by atoms with Crippen molar-refractivity contribution in [3.8, 4) is 5.75 Å². The van der Waals surface area contributed by atoms with Crippen molar-refractivity contribution < 1.29 is 4.74 Å². The van der Waals surface area contributed by atoms with Gasteiger partial charge in [0.25, 0.3) is 0 Å². The highest BCUT2D eigenvalue weighted by Crippen LogP contribution is 2.30. The van der Waals surface area contributed by atoms with E-state index in [-0.39, 0.29) is 0 Å². The maximum absolute atomic E-state index is 5.24. The highest BCUT2D eigenvalue weighted by Gasteiger charge is 2.23. The summed E-state index contributed by atoms with van der Waals surface area (Å²) in [6.07, 6.45) is 2.83. The van der Waals surface area contributed by atoms with Gasteiger partial charge >= 0.3 is 0 Å². The van der Waals surface area contributed by atoms with Crippen LogP contribution in [0.25, 0.3) is 11.0 Å². The molecule has 0 unspecified atom stereocenters. The summed E-state index contributed by atoms with van der Waals surface area (Å²) in [5.41, 5.74) is 3.66. The normalized spacial score (nSPS) is 20.5. The van der Waals surface area contributed by atoms with Crippen molar-refractivity contribution >= 4 is 11.0 Å². The molecule has 2 aromatic heterocycles. The first-order chi connectivity index (χ1) is 8.19. The third-order valence-corrected chi connectivity index (χ3v) is 3.72. The molecule has 0 saturated carbocycles. The molecule has 1 aliphatic rings. The summed E-state index contributed by atoms with van der Waals surface area (Å²) in [5.74, 6) is 0.825. The predicted octanol–water partition coefficient (Wildman–Crippen LogP) is 1.95. The van der Waals surface area contributed by atoms with E-state index in [1.807, 2.05) is 0 Å². The first-order valence-corrected chi connectivity index (χ1v) is 5.92. The lowest BCUT2D eigenvalue weighted by Gasteiger charge is -2.29. The lowest BCUT2D eigenvalue weighted by Crippen LogP contribution is -2.34. The first-order valence-electron chi connectivity index (χ1n) is 5.92. The number of nitrogens with zero attached hydrogens (tertiary/aromatic N) is 2.